The summed E-state index contributed by atoms with van der Waals surface area (Å²) in [7, 11) is 0. The van der Waals surface area contributed by atoms with Gasteiger partial charge in [-0.3, -0.25) is 0 Å². The molecule has 0 amide bonds. The summed E-state index contributed by atoms with van der Waals surface area (Å²) < 4.78 is 1.07. The van der Waals surface area contributed by atoms with Gasteiger partial charge in [0.25, 0.3) is 0 Å². The third-order valence-electron chi connectivity index (χ3n) is 1.86. The number of aromatic nitrogens is 1. The van der Waals surface area contributed by atoms with Crippen LogP contribution in [0.5, 0.6) is 0 Å². The largest absolute Gasteiger partial charge is 0.386 e. The first-order valence-electron chi connectivity index (χ1n) is 4.05. The zero-order valence-corrected chi connectivity index (χ0v) is 10.4. The van der Waals surface area contributed by atoms with E-state index in [0.29, 0.717) is 6.42 Å². The Morgan fingerprint density at radius 3 is 3.00 bits per heavy atom. The van der Waals surface area contributed by atoms with Crippen LogP contribution in [0.15, 0.2) is 26.8 Å². The summed E-state index contributed by atoms with van der Waals surface area (Å²) in [6, 6.07) is 1.99. The second-order valence-electron chi connectivity index (χ2n) is 2.82. The van der Waals surface area contributed by atoms with Crippen molar-refractivity contribution in [2.45, 2.75) is 12.5 Å². The maximum Gasteiger partial charge on any atom is 0.102 e. The van der Waals surface area contributed by atoms with Crippen LogP contribution in [0.3, 0.4) is 0 Å². The monoisotopic (exact) mass is 289 g/mol. The summed E-state index contributed by atoms with van der Waals surface area (Å²) in [6.07, 6.45) is 0.137. The third kappa shape index (κ3) is 2.23. The van der Waals surface area contributed by atoms with E-state index < -0.39 is 6.10 Å². The van der Waals surface area contributed by atoms with Gasteiger partial charge >= 0.3 is 0 Å². The fourth-order valence-electron chi connectivity index (χ4n) is 1.14. The van der Waals surface area contributed by atoms with Crippen LogP contribution in [0.2, 0.25) is 0 Å². The minimum absolute atomic E-state index is 0.490. The van der Waals surface area contributed by atoms with E-state index in [1.54, 1.807) is 16.8 Å². The van der Waals surface area contributed by atoms with Crippen molar-refractivity contribution >= 4 is 38.6 Å². The Kier molecular flexibility index (Phi) is 3.33. The van der Waals surface area contributed by atoms with Crippen LogP contribution in [0.4, 0.5) is 0 Å². The minimum atomic E-state index is -0.490. The molecule has 0 radical (unpaired) electrons. The highest BCUT2D eigenvalue weighted by Gasteiger charge is 2.12. The van der Waals surface area contributed by atoms with Crippen molar-refractivity contribution in [3.05, 3.63) is 37.4 Å². The molecule has 0 bridgehead atoms. The van der Waals surface area contributed by atoms with Gasteiger partial charge in [0.15, 0.2) is 0 Å². The molecule has 0 aliphatic carbocycles. The first-order valence-corrected chi connectivity index (χ1v) is 6.67. The second kappa shape index (κ2) is 4.53. The lowest BCUT2D eigenvalue weighted by molar-refractivity contribution is 0.175. The van der Waals surface area contributed by atoms with Crippen molar-refractivity contribution in [1.82, 2.24) is 4.98 Å². The van der Waals surface area contributed by atoms with Crippen molar-refractivity contribution in [1.29, 1.82) is 0 Å². The summed E-state index contributed by atoms with van der Waals surface area (Å²) >= 11 is 6.59. The van der Waals surface area contributed by atoms with E-state index in [1.807, 2.05) is 16.8 Å². The Bertz CT molecular complexity index is 399. The van der Waals surface area contributed by atoms with Gasteiger partial charge in [-0.1, -0.05) is 0 Å². The molecule has 74 valence electrons. The van der Waals surface area contributed by atoms with E-state index in [4.69, 9.17) is 0 Å². The highest BCUT2D eigenvalue weighted by molar-refractivity contribution is 9.10. The van der Waals surface area contributed by atoms with Gasteiger partial charge in [-0.05, 0) is 27.4 Å². The zero-order valence-electron chi connectivity index (χ0n) is 7.18. The lowest BCUT2D eigenvalue weighted by atomic mass is 10.2. The van der Waals surface area contributed by atoms with Crippen LogP contribution in [0.25, 0.3) is 0 Å². The van der Waals surface area contributed by atoms with Crippen LogP contribution in [0, 0.1) is 0 Å². The summed E-state index contributed by atoms with van der Waals surface area (Å²) in [6.45, 7) is 0. The molecule has 5 heteroatoms. The molecule has 0 aromatic carbocycles. The molecular formula is C9H8BrNOS2. The first-order chi connectivity index (χ1) is 6.77. The van der Waals surface area contributed by atoms with E-state index in [2.05, 4.69) is 20.9 Å². The van der Waals surface area contributed by atoms with Crippen molar-refractivity contribution < 1.29 is 5.11 Å². The van der Waals surface area contributed by atoms with Crippen molar-refractivity contribution in [2.24, 2.45) is 0 Å². The second-order valence-corrected chi connectivity index (χ2v) is 5.40. The van der Waals surface area contributed by atoms with Gasteiger partial charge in [0.1, 0.15) is 6.10 Å². The zero-order chi connectivity index (χ0) is 9.97. The molecule has 0 saturated carbocycles. The highest BCUT2D eigenvalue weighted by Crippen LogP contribution is 2.27. The molecule has 2 rings (SSSR count). The van der Waals surface area contributed by atoms with E-state index in [-0.39, 0.29) is 0 Å². The van der Waals surface area contributed by atoms with Gasteiger partial charge in [-0.25, -0.2) is 4.98 Å². The molecule has 0 aliphatic rings. The quantitative estimate of drug-likeness (QED) is 0.941. The lowest BCUT2D eigenvalue weighted by Crippen LogP contribution is -2.00. The molecule has 1 N–H and O–H groups in total. The van der Waals surface area contributed by atoms with Gasteiger partial charge in [0, 0.05) is 21.2 Å². The number of thiazole rings is 1. The molecule has 2 aromatic heterocycles. The van der Waals surface area contributed by atoms with Crippen molar-refractivity contribution in [3.63, 3.8) is 0 Å². The molecule has 2 nitrogen and oxygen atoms in total. The number of hydrogen-bond donors (Lipinski definition) is 1. The van der Waals surface area contributed by atoms with E-state index in [0.717, 1.165) is 15.0 Å². The SMILES string of the molecule is OC(Cc1sccc1Br)c1cscn1. The van der Waals surface area contributed by atoms with E-state index in [9.17, 15) is 5.11 Å². The summed E-state index contributed by atoms with van der Waals surface area (Å²) in [5.74, 6) is 0. The summed E-state index contributed by atoms with van der Waals surface area (Å²) in [5, 5.41) is 13.7. The number of rotatable bonds is 3. The number of aliphatic hydroxyl groups excluding tert-OH is 1. The molecule has 0 aliphatic heterocycles. The van der Waals surface area contributed by atoms with Crippen LogP contribution >= 0.6 is 38.6 Å². The highest BCUT2D eigenvalue weighted by atomic mass is 79.9. The third-order valence-corrected chi connectivity index (χ3v) is 4.42. The average molecular weight is 290 g/mol. The number of nitrogens with zero attached hydrogens (tertiary/aromatic N) is 1. The van der Waals surface area contributed by atoms with Crippen molar-refractivity contribution in [3.8, 4) is 0 Å². The molecule has 14 heavy (non-hydrogen) atoms. The normalized spacial score (nSPS) is 13.0. The number of hydrogen-bond acceptors (Lipinski definition) is 4. The predicted molar refractivity (Wildman–Crippen MR) is 62.8 cm³/mol. The fourth-order valence-corrected chi connectivity index (χ4v) is 3.29. The minimum Gasteiger partial charge on any atom is -0.386 e. The number of aliphatic hydroxyl groups is 1. The smallest absolute Gasteiger partial charge is 0.102 e. The molecule has 1 atom stereocenters. The summed E-state index contributed by atoms with van der Waals surface area (Å²) in [5.41, 5.74) is 2.50. The van der Waals surface area contributed by atoms with Crippen molar-refractivity contribution in [2.75, 3.05) is 0 Å². The Labute approximate surface area is 98.4 Å². The average Bonchev–Trinajstić information content (AvgIpc) is 2.77. The molecular weight excluding hydrogens is 282 g/mol. The summed E-state index contributed by atoms with van der Waals surface area (Å²) in [4.78, 5) is 5.24. The van der Waals surface area contributed by atoms with E-state index in [1.165, 1.54) is 11.3 Å². The maximum absolute atomic E-state index is 9.84. The Morgan fingerprint density at radius 1 is 1.57 bits per heavy atom. The van der Waals surface area contributed by atoms with Gasteiger partial charge in [0.2, 0.25) is 0 Å². The van der Waals surface area contributed by atoms with Gasteiger partial charge in [0.05, 0.1) is 11.2 Å². The Hall–Kier alpha value is -0.230. The fraction of sp³-hybridized carbons (Fsp3) is 0.222. The van der Waals surface area contributed by atoms with Crippen LogP contribution < -0.4 is 0 Å². The molecule has 2 heterocycles. The topological polar surface area (TPSA) is 33.1 Å². The molecule has 0 spiro atoms. The van der Waals surface area contributed by atoms with Gasteiger partial charge in [-0.2, -0.15) is 0 Å². The molecule has 1 unspecified atom stereocenters. The Morgan fingerprint density at radius 2 is 2.43 bits per heavy atom. The standard InChI is InChI=1S/C9H8BrNOS2/c10-6-1-2-14-9(6)3-8(12)7-4-13-5-11-7/h1-2,4-5,8,12H,3H2. The lowest BCUT2D eigenvalue weighted by Gasteiger charge is -2.05. The van der Waals surface area contributed by atoms with Crippen LogP contribution in [-0.4, -0.2) is 10.1 Å². The Balaban J connectivity index is 2.09. The molecule has 0 saturated heterocycles. The first kappa shape index (κ1) is 10.3. The van der Waals surface area contributed by atoms with Gasteiger partial charge < -0.3 is 5.11 Å². The van der Waals surface area contributed by atoms with Crippen LogP contribution in [-0.2, 0) is 6.42 Å². The van der Waals surface area contributed by atoms with E-state index >= 15 is 0 Å². The maximum atomic E-state index is 9.84. The van der Waals surface area contributed by atoms with Crippen LogP contribution in [0.1, 0.15) is 16.7 Å². The molecule has 0 fully saturated rings. The molecule has 2 aromatic rings. The number of halogens is 1. The van der Waals surface area contributed by atoms with Gasteiger partial charge in [-0.15, -0.1) is 22.7 Å². The number of thiophene rings is 1. The predicted octanol–water partition coefficient (Wildman–Crippen LogP) is 3.24.